The number of carbonyl (C=O) groups is 1. The predicted octanol–water partition coefficient (Wildman–Crippen LogP) is 4.02. The fourth-order valence-corrected chi connectivity index (χ4v) is 4.69. The number of hydrogen-bond donors (Lipinski definition) is 2. The number of nitrogens with two attached hydrogens (primary N) is 1. The van der Waals surface area contributed by atoms with E-state index in [1.165, 1.54) is 18.7 Å². The monoisotopic (exact) mass is 571 g/mol. The van der Waals surface area contributed by atoms with E-state index in [1.807, 2.05) is 47.4 Å². The number of fused-ring (bicyclic) bond motifs is 1. The van der Waals surface area contributed by atoms with Crippen molar-refractivity contribution in [3.8, 4) is 16.8 Å². The molecule has 0 saturated carbocycles. The van der Waals surface area contributed by atoms with Crippen LogP contribution in [-0.2, 0) is 16.1 Å². The van der Waals surface area contributed by atoms with Crippen LogP contribution in [0, 0.1) is 0 Å². The number of rotatable bonds is 9. The second-order valence-electron chi connectivity index (χ2n) is 9.69. The zero-order valence-corrected chi connectivity index (χ0v) is 22.5. The minimum atomic E-state index is -2.76. The van der Waals surface area contributed by atoms with Crippen LogP contribution in [0.4, 0.5) is 20.5 Å². The van der Waals surface area contributed by atoms with Crippen molar-refractivity contribution in [2.24, 2.45) is 5.73 Å². The Morgan fingerprint density at radius 2 is 1.88 bits per heavy atom. The van der Waals surface area contributed by atoms with Crippen molar-refractivity contribution < 1.29 is 18.3 Å². The fraction of sp³-hybridized carbons (Fsp3) is 0.207. The number of imidazole rings is 1. The van der Waals surface area contributed by atoms with Gasteiger partial charge in [0.2, 0.25) is 11.9 Å². The first-order valence-corrected chi connectivity index (χ1v) is 13.2. The number of morpholine rings is 1. The summed E-state index contributed by atoms with van der Waals surface area (Å²) in [6.07, 6.45) is 4.12. The van der Waals surface area contributed by atoms with Gasteiger partial charge in [-0.3, -0.25) is 9.36 Å². The van der Waals surface area contributed by atoms with E-state index in [2.05, 4.69) is 22.0 Å². The lowest BCUT2D eigenvalue weighted by atomic mass is 9.99. The van der Waals surface area contributed by atoms with Gasteiger partial charge >= 0.3 is 6.55 Å². The third-order valence-electron chi connectivity index (χ3n) is 7.00. The van der Waals surface area contributed by atoms with Gasteiger partial charge < -0.3 is 20.7 Å². The number of anilines is 2. The van der Waals surface area contributed by atoms with Crippen molar-refractivity contribution in [1.82, 2.24) is 29.3 Å². The largest absolute Gasteiger partial charge is 0.378 e. The quantitative estimate of drug-likeness (QED) is 0.254. The highest BCUT2D eigenvalue weighted by atomic mass is 19.3. The first-order valence-electron chi connectivity index (χ1n) is 13.2. The van der Waals surface area contributed by atoms with Crippen molar-refractivity contribution in [3.05, 3.63) is 85.0 Å². The molecule has 3 N–H and O–H groups in total. The molecular formula is C29H27F2N9O2. The lowest BCUT2D eigenvalue weighted by Gasteiger charge is -2.27. The molecule has 1 aliphatic rings. The first kappa shape index (κ1) is 27.0. The highest BCUT2D eigenvalue weighted by Gasteiger charge is 2.21. The topological polar surface area (TPSA) is 129 Å². The molecule has 1 fully saturated rings. The number of carbonyl (C=O) groups excluding carboxylic acids is 1. The van der Waals surface area contributed by atoms with Gasteiger partial charge in [-0.1, -0.05) is 49.0 Å². The molecule has 0 unspecified atom stereocenters. The average Bonchev–Trinajstić information content (AvgIpc) is 3.68. The average molecular weight is 572 g/mol. The smallest absolute Gasteiger partial charge is 0.333 e. The van der Waals surface area contributed by atoms with Crippen molar-refractivity contribution in [2.45, 2.75) is 13.1 Å². The summed E-state index contributed by atoms with van der Waals surface area (Å²) in [4.78, 5) is 27.6. The lowest BCUT2D eigenvalue weighted by Crippen LogP contribution is -2.37. The van der Waals surface area contributed by atoms with Crippen LogP contribution in [0.3, 0.4) is 0 Å². The van der Waals surface area contributed by atoms with Crippen LogP contribution >= 0.6 is 0 Å². The van der Waals surface area contributed by atoms with Gasteiger partial charge in [0.25, 0.3) is 0 Å². The summed E-state index contributed by atoms with van der Waals surface area (Å²) >= 11 is 0. The Labute approximate surface area is 239 Å². The minimum absolute atomic E-state index is 0.260. The number of aromatic nitrogens is 6. The Morgan fingerprint density at radius 3 is 2.60 bits per heavy atom. The summed E-state index contributed by atoms with van der Waals surface area (Å²) in [5.41, 5.74) is 10.6. The van der Waals surface area contributed by atoms with Crippen molar-refractivity contribution in [3.63, 3.8) is 0 Å². The van der Waals surface area contributed by atoms with E-state index in [9.17, 15) is 13.6 Å². The second-order valence-corrected chi connectivity index (χ2v) is 9.69. The highest BCUT2D eigenvalue weighted by molar-refractivity contribution is 6.18. The van der Waals surface area contributed by atoms with Crippen LogP contribution in [0.1, 0.15) is 17.7 Å². The molecule has 42 heavy (non-hydrogen) atoms. The van der Waals surface area contributed by atoms with Crippen LogP contribution in [0.5, 0.6) is 0 Å². The van der Waals surface area contributed by atoms with Gasteiger partial charge in [0.05, 0.1) is 31.3 Å². The molecule has 214 valence electrons. The maximum absolute atomic E-state index is 13.2. The summed E-state index contributed by atoms with van der Waals surface area (Å²) in [5.74, 6) is 0.449. The van der Waals surface area contributed by atoms with Crippen LogP contribution < -0.4 is 16.0 Å². The predicted molar refractivity (Wildman–Crippen MR) is 154 cm³/mol. The van der Waals surface area contributed by atoms with Crippen molar-refractivity contribution in [1.29, 1.82) is 0 Å². The molecule has 11 nitrogen and oxygen atoms in total. The summed E-state index contributed by atoms with van der Waals surface area (Å²) in [5, 5.41) is 7.13. The minimum Gasteiger partial charge on any atom is -0.378 e. The normalized spacial score (nSPS) is 13.5. The number of halogens is 2. The van der Waals surface area contributed by atoms with Gasteiger partial charge in [-0.05, 0) is 28.3 Å². The Hall–Kier alpha value is -5.17. The molecule has 3 aromatic heterocycles. The fourth-order valence-electron chi connectivity index (χ4n) is 4.69. The molecule has 5 aromatic rings. The Bertz CT molecular complexity index is 1760. The van der Waals surface area contributed by atoms with Gasteiger partial charge in [0.1, 0.15) is 6.33 Å². The molecule has 0 atom stereocenters. The molecule has 0 bridgehead atoms. The maximum Gasteiger partial charge on any atom is 0.333 e. The number of ether oxygens (including phenoxy) is 1. The highest BCUT2D eigenvalue weighted by Crippen LogP contribution is 2.27. The van der Waals surface area contributed by atoms with E-state index >= 15 is 0 Å². The van der Waals surface area contributed by atoms with E-state index in [0.29, 0.717) is 71.7 Å². The molecule has 0 radical (unpaired) electrons. The van der Waals surface area contributed by atoms with Crippen LogP contribution in [0.15, 0.2) is 73.8 Å². The second kappa shape index (κ2) is 11.4. The maximum atomic E-state index is 13.2. The number of hydrogen-bond acceptors (Lipinski definition) is 8. The SMILES string of the molecule is C=C(C(N)=O)c1cccc(-c2ccc(CNc3nc(N4CCOCC4)nc4c3ncn4-c3cnn(C(F)F)c3)cc2)c1. The Kier molecular flexibility index (Phi) is 7.32. The number of primary amides is 1. The van der Waals surface area contributed by atoms with Crippen LogP contribution in [-0.4, -0.2) is 61.5 Å². The molecule has 6 rings (SSSR count). The molecule has 1 saturated heterocycles. The number of benzene rings is 2. The molecule has 0 aliphatic carbocycles. The van der Waals surface area contributed by atoms with E-state index in [-0.39, 0.29) is 5.57 Å². The van der Waals surface area contributed by atoms with Gasteiger partial charge in [0, 0.05) is 25.2 Å². The Balaban J connectivity index is 1.27. The zero-order valence-electron chi connectivity index (χ0n) is 22.5. The van der Waals surface area contributed by atoms with Gasteiger partial charge in [-0.15, -0.1) is 0 Å². The lowest BCUT2D eigenvalue weighted by molar-refractivity contribution is -0.112. The van der Waals surface area contributed by atoms with E-state index < -0.39 is 12.5 Å². The number of nitrogens with zero attached hydrogens (tertiary/aromatic N) is 7. The van der Waals surface area contributed by atoms with Crippen molar-refractivity contribution >= 4 is 34.4 Å². The third-order valence-corrected chi connectivity index (χ3v) is 7.00. The summed E-state index contributed by atoms with van der Waals surface area (Å²) in [6, 6.07) is 15.5. The van der Waals surface area contributed by atoms with Crippen LogP contribution in [0.25, 0.3) is 33.6 Å². The molecule has 2 aromatic carbocycles. The molecule has 0 spiro atoms. The number of nitrogens with one attached hydrogen (secondary N) is 1. The zero-order chi connectivity index (χ0) is 29.2. The molecule has 1 amide bonds. The first-order chi connectivity index (χ1) is 20.4. The summed E-state index contributed by atoms with van der Waals surface area (Å²) < 4.78 is 34.0. The third kappa shape index (κ3) is 5.41. The number of amides is 1. The van der Waals surface area contributed by atoms with Gasteiger partial charge in [-0.2, -0.15) is 23.8 Å². The Morgan fingerprint density at radius 1 is 1.10 bits per heavy atom. The van der Waals surface area contributed by atoms with Gasteiger partial charge in [-0.25, -0.2) is 9.67 Å². The summed E-state index contributed by atoms with van der Waals surface area (Å²) in [6.45, 7) is 3.81. The summed E-state index contributed by atoms with van der Waals surface area (Å²) in [7, 11) is 0. The van der Waals surface area contributed by atoms with E-state index in [4.69, 9.17) is 20.4 Å². The standard InChI is InChI=1S/C29H27F2N9O2/c1-18(25(32)41)21-3-2-4-22(13-21)20-7-5-19(6-8-20)14-33-26-24-27(37-29(36-26)38-9-11-42-12-10-38)39(17-34-24)23-15-35-40(16-23)28(30)31/h2-8,13,15-17,28H,1,9-12,14H2,(H2,32,41)(H,33,36,37). The van der Waals surface area contributed by atoms with Crippen molar-refractivity contribution in [2.75, 3.05) is 36.5 Å². The van der Waals surface area contributed by atoms with E-state index in [1.54, 1.807) is 10.6 Å². The molecule has 4 heterocycles. The van der Waals surface area contributed by atoms with Gasteiger partial charge in [0.15, 0.2) is 17.0 Å². The molecule has 1 aliphatic heterocycles. The molecular weight excluding hydrogens is 544 g/mol. The number of alkyl halides is 2. The van der Waals surface area contributed by atoms with E-state index in [0.717, 1.165) is 16.7 Å². The van der Waals surface area contributed by atoms with Crippen LogP contribution in [0.2, 0.25) is 0 Å². The molecule has 13 heteroatoms.